The summed E-state index contributed by atoms with van der Waals surface area (Å²) in [7, 11) is 1.48. The van der Waals surface area contributed by atoms with Gasteiger partial charge in [-0.15, -0.1) is 0 Å². The van der Waals surface area contributed by atoms with Crippen molar-refractivity contribution < 1.29 is 19.7 Å². The van der Waals surface area contributed by atoms with Crippen LogP contribution in [0.15, 0.2) is 12.3 Å². The lowest BCUT2D eigenvalue weighted by atomic mass is 9.95. The van der Waals surface area contributed by atoms with Crippen LogP contribution in [0.3, 0.4) is 0 Å². The summed E-state index contributed by atoms with van der Waals surface area (Å²) in [6.45, 7) is 1.73. The van der Waals surface area contributed by atoms with Gasteiger partial charge in [0.1, 0.15) is 11.4 Å². The highest BCUT2D eigenvalue weighted by atomic mass is 16.5. The van der Waals surface area contributed by atoms with Crippen molar-refractivity contribution in [2.24, 2.45) is 0 Å². The molecule has 0 unspecified atom stereocenters. The molecule has 2 heterocycles. The van der Waals surface area contributed by atoms with Gasteiger partial charge in [-0.05, 0) is 18.6 Å². The van der Waals surface area contributed by atoms with Crippen LogP contribution >= 0.6 is 0 Å². The van der Waals surface area contributed by atoms with E-state index < -0.39 is 5.60 Å². The molecule has 1 aliphatic rings. The van der Waals surface area contributed by atoms with Gasteiger partial charge in [0.2, 0.25) is 0 Å². The van der Waals surface area contributed by atoms with Crippen molar-refractivity contribution in [1.29, 1.82) is 0 Å². The summed E-state index contributed by atoms with van der Waals surface area (Å²) in [6.07, 6.45) is 1.59. The van der Waals surface area contributed by atoms with Crippen molar-refractivity contribution >= 4 is 5.91 Å². The molecular formula is C12H16N2O4. The molecule has 2 N–H and O–H groups in total. The van der Waals surface area contributed by atoms with Gasteiger partial charge in [-0.25, -0.2) is 4.98 Å². The van der Waals surface area contributed by atoms with Crippen molar-refractivity contribution in [1.82, 2.24) is 9.88 Å². The van der Waals surface area contributed by atoms with Crippen LogP contribution in [0.2, 0.25) is 0 Å². The molecule has 6 nitrogen and oxygen atoms in total. The lowest BCUT2D eigenvalue weighted by Crippen LogP contribution is -2.65. The average molecular weight is 252 g/mol. The van der Waals surface area contributed by atoms with Gasteiger partial charge < -0.3 is 19.8 Å². The molecule has 98 valence electrons. The fraction of sp³-hybridized carbons (Fsp3) is 0.500. The smallest absolute Gasteiger partial charge is 0.276 e. The number of pyridine rings is 1. The average Bonchev–Trinajstić information content (AvgIpc) is 2.34. The minimum atomic E-state index is -1.17. The van der Waals surface area contributed by atoms with E-state index in [0.717, 1.165) is 5.56 Å². The zero-order valence-electron chi connectivity index (χ0n) is 10.4. The highest BCUT2D eigenvalue weighted by Crippen LogP contribution is 2.25. The number of carbonyl (C=O) groups is 1. The van der Waals surface area contributed by atoms with Crippen LogP contribution in [0.4, 0.5) is 0 Å². The van der Waals surface area contributed by atoms with Crippen molar-refractivity contribution in [2.75, 3.05) is 26.8 Å². The molecule has 1 aliphatic heterocycles. The Kier molecular flexibility index (Phi) is 3.23. The molecule has 1 amide bonds. The molecule has 1 aromatic heterocycles. The fourth-order valence-corrected chi connectivity index (χ4v) is 1.92. The molecule has 1 fully saturated rings. The largest absolute Gasteiger partial charge is 0.494 e. The number of methoxy groups -OCH3 is 1. The SMILES string of the molecule is COc1cc(C)cnc1C(=O)N1CC(O)(CO)C1. The van der Waals surface area contributed by atoms with E-state index in [1.807, 2.05) is 6.92 Å². The molecule has 1 saturated heterocycles. The second-order valence-electron chi connectivity index (χ2n) is 4.61. The number of carbonyl (C=O) groups excluding carboxylic acids is 1. The first-order chi connectivity index (χ1) is 8.49. The maximum atomic E-state index is 12.1. The highest BCUT2D eigenvalue weighted by Gasteiger charge is 2.44. The van der Waals surface area contributed by atoms with Gasteiger partial charge >= 0.3 is 0 Å². The molecule has 0 aromatic carbocycles. The molecule has 0 bridgehead atoms. The van der Waals surface area contributed by atoms with E-state index in [9.17, 15) is 9.90 Å². The first-order valence-electron chi connectivity index (χ1n) is 5.62. The number of β-amino-alcohol motifs (C(OH)–C–C–N with tert-alkyl or cyclic N) is 1. The zero-order valence-corrected chi connectivity index (χ0v) is 10.4. The zero-order chi connectivity index (χ0) is 13.3. The summed E-state index contributed by atoms with van der Waals surface area (Å²) in [5, 5.41) is 18.6. The Morgan fingerprint density at radius 3 is 2.83 bits per heavy atom. The Balaban J connectivity index is 2.16. The summed E-state index contributed by atoms with van der Waals surface area (Å²) in [5.74, 6) is 0.115. The Hall–Kier alpha value is -1.66. The molecule has 1 aromatic rings. The molecule has 0 atom stereocenters. The van der Waals surface area contributed by atoms with Crippen LogP contribution in [0.25, 0.3) is 0 Å². The van der Waals surface area contributed by atoms with Crippen LogP contribution in [0.5, 0.6) is 5.75 Å². The molecule has 0 spiro atoms. The van der Waals surface area contributed by atoms with Crippen LogP contribution in [-0.2, 0) is 0 Å². The minimum Gasteiger partial charge on any atom is -0.494 e. The number of aromatic nitrogens is 1. The normalized spacial score (nSPS) is 17.2. The number of amides is 1. The fourth-order valence-electron chi connectivity index (χ4n) is 1.92. The number of ether oxygens (including phenoxy) is 1. The van der Waals surface area contributed by atoms with Gasteiger partial charge in [0, 0.05) is 6.20 Å². The summed E-state index contributed by atoms with van der Waals surface area (Å²) in [4.78, 5) is 17.6. The number of hydrogen-bond donors (Lipinski definition) is 2. The summed E-state index contributed by atoms with van der Waals surface area (Å²) >= 11 is 0. The van der Waals surface area contributed by atoms with Gasteiger partial charge in [0.15, 0.2) is 5.69 Å². The monoisotopic (exact) mass is 252 g/mol. The Morgan fingerprint density at radius 1 is 1.61 bits per heavy atom. The standard InChI is InChI=1S/C12H16N2O4/c1-8-3-9(18-2)10(13-4-8)11(16)14-5-12(17,6-14)7-15/h3-4,15,17H,5-7H2,1-2H3. The maximum absolute atomic E-state index is 12.1. The number of aliphatic hydroxyl groups is 2. The third-order valence-corrected chi connectivity index (χ3v) is 2.96. The Bertz CT molecular complexity index is 469. The van der Waals surface area contributed by atoms with Gasteiger partial charge in [-0.1, -0.05) is 0 Å². The van der Waals surface area contributed by atoms with E-state index >= 15 is 0 Å². The Morgan fingerprint density at radius 2 is 2.28 bits per heavy atom. The predicted octanol–water partition coefficient (Wildman–Crippen LogP) is -0.422. The van der Waals surface area contributed by atoms with Crippen LogP contribution in [0, 0.1) is 6.92 Å². The number of rotatable bonds is 3. The van der Waals surface area contributed by atoms with E-state index in [4.69, 9.17) is 9.84 Å². The van der Waals surface area contributed by atoms with Gasteiger partial charge in [-0.2, -0.15) is 0 Å². The first-order valence-corrected chi connectivity index (χ1v) is 5.62. The maximum Gasteiger partial charge on any atom is 0.276 e. The molecule has 6 heteroatoms. The quantitative estimate of drug-likeness (QED) is 0.763. The summed E-state index contributed by atoms with van der Waals surface area (Å²) < 4.78 is 5.12. The van der Waals surface area contributed by atoms with Gasteiger partial charge in [0.05, 0.1) is 26.8 Å². The third kappa shape index (κ3) is 2.16. The molecule has 0 saturated carbocycles. The lowest BCUT2D eigenvalue weighted by molar-refractivity contribution is -0.110. The molecule has 0 aliphatic carbocycles. The third-order valence-electron chi connectivity index (χ3n) is 2.96. The second kappa shape index (κ2) is 4.55. The molecular weight excluding hydrogens is 236 g/mol. The topological polar surface area (TPSA) is 82.9 Å². The first kappa shape index (κ1) is 12.8. The van der Waals surface area contributed by atoms with Crippen molar-refractivity contribution in [3.05, 3.63) is 23.5 Å². The predicted molar refractivity (Wildman–Crippen MR) is 63.5 cm³/mol. The number of aliphatic hydroxyl groups excluding tert-OH is 1. The second-order valence-corrected chi connectivity index (χ2v) is 4.61. The van der Waals surface area contributed by atoms with E-state index in [-0.39, 0.29) is 31.3 Å². The minimum absolute atomic E-state index is 0.112. The molecule has 2 rings (SSSR count). The van der Waals surface area contributed by atoms with Crippen molar-refractivity contribution in [3.63, 3.8) is 0 Å². The summed E-state index contributed by atoms with van der Waals surface area (Å²) in [6, 6.07) is 1.73. The van der Waals surface area contributed by atoms with E-state index in [2.05, 4.69) is 4.98 Å². The van der Waals surface area contributed by atoms with E-state index in [1.165, 1.54) is 12.0 Å². The summed E-state index contributed by atoms with van der Waals surface area (Å²) in [5.41, 5.74) is -0.0462. The number of nitrogens with zero attached hydrogens (tertiary/aromatic N) is 2. The van der Waals surface area contributed by atoms with Crippen molar-refractivity contribution in [3.8, 4) is 5.75 Å². The highest BCUT2D eigenvalue weighted by molar-refractivity contribution is 5.95. The van der Waals surface area contributed by atoms with E-state index in [1.54, 1.807) is 12.3 Å². The van der Waals surface area contributed by atoms with Gasteiger partial charge in [0.25, 0.3) is 5.91 Å². The van der Waals surface area contributed by atoms with Crippen LogP contribution in [0.1, 0.15) is 16.1 Å². The lowest BCUT2D eigenvalue weighted by Gasteiger charge is -2.45. The number of likely N-dealkylation sites (tertiary alicyclic amines) is 1. The number of hydrogen-bond acceptors (Lipinski definition) is 5. The van der Waals surface area contributed by atoms with Crippen LogP contribution in [-0.4, -0.2) is 58.4 Å². The van der Waals surface area contributed by atoms with Gasteiger partial charge in [-0.3, -0.25) is 4.79 Å². The molecule has 18 heavy (non-hydrogen) atoms. The Labute approximate surface area is 105 Å². The van der Waals surface area contributed by atoms with Crippen LogP contribution < -0.4 is 4.74 Å². The van der Waals surface area contributed by atoms with Crippen molar-refractivity contribution in [2.45, 2.75) is 12.5 Å². The molecule has 0 radical (unpaired) electrons. The van der Waals surface area contributed by atoms with E-state index in [0.29, 0.717) is 5.75 Å². The number of aryl methyl sites for hydroxylation is 1.